The number of likely N-dealkylation sites (tertiary alicyclic amines) is 1. The van der Waals surface area contributed by atoms with Gasteiger partial charge in [0.05, 0.1) is 12.5 Å². The summed E-state index contributed by atoms with van der Waals surface area (Å²) in [5.41, 5.74) is 0. The number of hydrogen-bond donors (Lipinski definition) is 1. The van der Waals surface area contributed by atoms with Crippen molar-refractivity contribution in [2.75, 3.05) is 6.54 Å². The molecule has 2 unspecified atom stereocenters. The Morgan fingerprint density at radius 2 is 2.30 bits per heavy atom. The molecule has 1 fully saturated rings. The fourth-order valence-electron chi connectivity index (χ4n) is 2.65. The molecule has 2 rings (SSSR count). The maximum Gasteiger partial charge on any atom is 0.306 e. The minimum Gasteiger partial charge on any atom is -0.481 e. The highest BCUT2D eigenvalue weighted by atomic mass is 16.5. The standard InChI is InChI=1S/C14H23N3O3/c1-9(2)6-13-15-12(16-20-13)8-17-5-4-11(14(18)19)7-10(17)3/h9-11H,4-8H2,1-3H3,(H,18,19). The van der Waals surface area contributed by atoms with E-state index in [1.807, 2.05) is 0 Å². The van der Waals surface area contributed by atoms with Gasteiger partial charge < -0.3 is 9.63 Å². The van der Waals surface area contributed by atoms with Crippen LogP contribution in [0, 0.1) is 11.8 Å². The summed E-state index contributed by atoms with van der Waals surface area (Å²) >= 11 is 0. The molecule has 0 amide bonds. The molecule has 0 saturated carbocycles. The third kappa shape index (κ3) is 3.79. The van der Waals surface area contributed by atoms with Crippen molar-refractivity contribution in [2.24, 2.45) is 11.8 Å². The van der Waals surface area contributed by atoms with Crippen LogP contribution in [0.3, 0.4) is 0 Å². The predicted molar refractivity (Wildman–Crippen MR) is 73.1 cm³/mol. The summed E-state index contributed by atoms with van der Waals surface area (Å²) in [5.74, 6) is 0.969. The molecule has 0 bridgehead atoms. The van der Waals surface area contributed by atoms with E-state index in [2.05, 4.69) is 35.8 Å². The van der Waals surface area contributed by atoms with E-state index in [1.54, 1.807) is 0 Å². The van der Waals surface area contributed by atoms with E-state index in [1.165, 1.54) is 0 Å². The van der Waals surface area contributed by atoms with Crippen LogP contribution in [0.2, 0.25) is 0 Å². The molecular formula is C14H23N3O3. The van der Waals surface area contributed by atoms with Gasteiger partial charge in [-0.2, -0.15) is 4.98 Å². The average molecular weight is 281 g/mol. The fraction of sp³-hybridized carbons (Fsp3) is 0.786. The van der Waals surface area contributed by atoms with Gasteiger partial charge in [0.1, 0.15) is 0 Å². The van der Waals surface area contributed by atoms with E-state index < -0.39 is 5.97 Å². The summed E-state index contributed by atoms with van der Waals surface area (Å²) < 4.78 is 5.23. The van der Waals surface area contributed by atoms with Gasteiger partial charge in [-0.15, -0.1) is 0 Å². The normalized spacial score (nSPS) is 24.2. The number of hydrogen-bond acceptors (Lipinski definition) is 5. The summed E-state index contributed by atoms with van der Waals surface area (Å²) in [7, 11) is 0. The number of nitrogens with zero attached hydrogens (tertiary/aromatic N) is 3. The highest BCUT2D eigenvalue weighted by Crippen LogP contribution is 2.24. The highest BCUT2D eigenvalue weighted by Gasteiger charge is 2.30. The number of piperidine rings is 1. The minimum atomic E-state index is -0.685. The Labute approximate surface area is 119 Å². The number of carboxylic acids is 1. The quantitative estimate of drug-likeness (QED) is 0.888. The number of carbonyl (C=O) groups is 1. The molecule has 112 valence electrons. The van der Waals surface area contributed by atoms with Crippen molar-refractivity contribution in [3.8, 4) is 0 Å². The van der Waals surface area contributed by atoms with Crippen molar-refractivity contribution in [1.82, 2.24) is 15.0 Å². The summed E-state index contributed by atoms with van der Waals surface area (Å²) in [6, 6.07) is 0.233. The molecule has 6 nitrogen and oxygen atoms in total. The Morgan fingerprint density at radius 3 is 2.90 bits per heavy atom. The van der Waals surface area contributed by atoms with Gasteiger partial charge in [-0.05, 0) is 32.2 Å². The van der Waals surface area contributed by atoms with Crippen LogP contribution in [0.1, 0.15) is 45.3 Å². The van der Waals surface area contributed by atoms with Crippen molar-refractivity contribution in [1.29, 1.82) is 0 Å². The van der Waals surface area contributed by atoms with Gasteiger partial charge >= 0.3 is 5.97 Å². The smallest absolute Gasteiger partial charge is 0.306 e. The lowest BCUT2D eigenvalue weighted by Gasteiger charge is -2.35. The third-order valence-corrected chi connectivity index (χ3v) is 3.80. The van der Waals surface area contributed by atoms with Crippen molar-refractivity contribution >= 4 is 5.97 Å². The lowest BCUT2D eigenvalue weighted by Crippen LogP contribution is -2.42. The van der Waals surface area contributed by atoms with Crippen LogP contribution in [0.25, 0.3) is 0 Å². The Kier molecular flexibility index (Phi) is 4.75. The Bertz CT molecular complexity index is 458. The summed E-state index contributed by atoms with van der Waals surface area (Å²) in [6.45, 7) is 7.69. The molecule has 0 aliphatic carbocycles. The van der Waals surface area contributed by atoms with E-state index in [4.69, 9.17) is 9.63 Å². The molecule has 2 atom stereocenters. The van der Waals surface area contributed by atoms with Crippen LogP contribution in [-0.2, 0) is 17.8 Å². The van der Waals surface area contributed by atoms with Gasteiger partial charge in [0.2, 0.25) is 5.89 Å². The van der Waals surface area contributed by atoms with Crippen LogP contribution >= 0.6 is 0 Å². The van der Waals surface area contributed by atoms with Gasteiger partial charge in [0.25, 0.3) is 0 Å². The van der Waals surface area contributed by atoms with E-state index in [9.17, 15) is 4.79 Å². The summed E-state index contributed by atoms with van der Waals surface area (Å²) in [5, 5.41) is 13.1. The first-order chi connectivity index (χ1) is 9.45. The molecule has 0 radical (unpaired) electrons. The summed E-state index contributed by atoms with van der Waals surface area (Å²) in [4.78, 5) is 17.6. The zero-order valence-electron chi connectivity index (χ0n) is 12.4. The fourth-order valence-corrected chi connectivity index (χ4v) is 2.65. The molecule has 1 aliphatic heterocycles. The Hall–Kier alpha value is -1.43. The Morgan fingerprint density at radius 1 is 1.55 bits per heavy atom. The molecule has 0 spiro atoms. The average Bonchev–Trinajstić information content (AvgIpc) is 2.78. The highest BCUT2D eigenvalue weighted by molar-refractivity contribution is 5.70. The number of aromatic nitrogens is 2. The molecule has 20 heavy (non-hydrogen) atoms. The van der Waals surface area contributed by atoms with Crippen molar-refractivity contribution < 1.29 is 14.4 Å². The largest absolute Gasteiger partial charge is 0.481 e. The predicted octanol–water partition coefficient (Wildman–Crippen LogP) is 1.95. The molecule has 6 heteroatoms. The van der Waals surface area contributed by atoms with Crippen molar-refractivity contribution in [3.63, 3.8) is 0 Å². The maximum atomic E-state index is 11.0. The van der Waals surface area contributed by atoms with Gasteiger partial charge in [-0.3, -0.25) is 9.69 Å². The zero-order chi connectivity index (χ0) is 14.7. The lowest BCUT2D eigenvalue weighted by molar-refractivity contribution is -0.144. The summed E-state index contributed by atoms with van der Waals surface area (Å²) in [6.07, 6.45) is 2.17. The van der Waals surface area contributed by atoms with Crippen LogP contribution in [0.15, 0.2) is 4.52 Å². The van der Waals surface area contributed by atoms with E-state index in [0.717, 1.165) is 13.0 Å². The van der Waals surface area contributed by atoms with Crippen LogP contribution in [0.5, 0.6) is 0 Å². The van der Waals surface area contributed by atoms with Crippen LogP contribution < -0.4 is 0 Å². The number of rotatable bonds is 5. The monoisotopic (exact) mass is 281 g/mol. The van der Waals surface area contributed by atoms with Crippen LogP contribution in [-0.4, -0.2) is 38.7 Å². The molecule has 1 aliphatic rings. The van der Waals surface area contributed by atoms with Gasteiger partial charge in [-0.25, -0.2) is 0 Å². The number of aliphatic carboxylic acids is 1. The SMILES string of the molecule is CC(C)Cc1nc(CN2CCC(C(=O)O)CC2C)no1. The number of carboxylic acid groups (broad SMARTS) is 1. The molecule has 0 aromatic carbocycles. The molecule has 1 aromatic heterocycles. The molecule has 1 N–H and O–H groups in total. The second-order valence-electron chi connectivity index (χ2n) is 6.08. The molecule has 1 aromatic rings. The van der Waals surface area contributed by atoms with Crippen molar-refractivity contribution in [2.45, 2.75) is 52.6 Å². The topological polar surface area (TPSA) is 79.5 Å². The van der Waals surface area contributed by atoms with E-state index >= 15 is 0 Å². The van der Waals surface area contributed by atoms with E-state index in [0.29, 0.717) is 37.0 Å². The second kappa shape index (κ2) is 6.35. The third-order valence-electron chi connectivity index (χ3n) is 3.80. The zero-order valence-corrected chi connectivity index (χ0v) is 12.4. The molecule has 1 saturated heterocycles. The molecular weight excluding hydrogens is 258 g/mol. The first-order valence-electron chi connectivity index (χ1n) is 7.24. The van der Waals surface area contributed by atoms with Gasteiger partial charge in [0, 0.05) is 12.5 Å². The lowest BCUT2D eigenvalue weighted by atomic mass is 9.92. The Balaban J connectivity index is 1.90. The second-order valence-corrected chi connectivity index (χ2v) is 6.08. The first-order valence-corrected chi connectivity index (χ1v) is 7.24. The minimum absolute atomic E-state index is 0.219. The van der Waals surface area contributed by atoms with Gasteiger partial charge in [0.15, 0.2) is 5.82 Å². The first kappa shape index (κ1) is 15.0. The maximum absolute atomic E-state index is 11.0. The van der Waals surface area contributed by atoms with Gasteiger partial charge in [-0.1, -0.05) is 19.0 Å². The van der Waals surface area contributed by atoms with Crippen LogP contribution in [0.4, 0.5) is 0 Å². The molecule has 2 heterocycles. The van der Waals surface area contributed by atoms with E-state index in [-0.39, 0.29) is 12.0 Å². The van der Waals surface area contributed by atoms with Crippen molar-refractivity contribution in [3.05, 3.63) is 11.7 Å².